The summed E-state index contributed by atoms with van der Waals surface area (Å²) >= 11 is 1.53. The summed E-state index contributed by atoms with van der Waals surface area (Å²) in [6.07, 6.45) is 2.61. The number of hydrogen-bond donors (Lipinski definition) is 0. The van der Waals surface area contributed by atoms with Crippen LogP contribution in [0.15, 0.2) is 40.8 Å². The molecular formula is C18H21N3OS. The van der Waals surface area contributed by atoms with Crippen LogP contribution in [0.2, 0.25) is 0 Å². The maximum Gasteiger partial charge on any atom is 0.262 e. The van der Waals surface area contributed by atoms with Crippen molar-refractivity contribution in [3.63, 3.8) is 0 Å². The van der Waals surface area contributed by atoms with E-state index >= 15 is 0 Å². The molecule has 0 amide bonds. The van der Waals surface area contributed by atoms with Crippen molar-refractivity contribution in [1.29, 1.82) is 0 Å². The van der Waals surface area contributed by atoms with Crippen LogP contribution in [0.25, 0.3) is 21.3 Å². The molecular weight excluding hydrogens is 306 g/mol. The van der Waals surface area contributed by atoms with Crippen molar-refractivity contribution in [1.82, 2.24) is 14.5 Å². The molecule has 0 atom stereocenters. The quantitative estimate of drug-likeness (QED) is 0.721. The number of thiophene rings is 1. The van der Waals surface area contributed by atoms with Gasteiger partial charge in [-0.3, -0.25) is 9.36 Å². The fraction of sp³-hybridized carbons (Fsp3) is 0.333. The maximum absolute atomic E-state index is 12.8. The number of rotatable bonds is 5. The third-order valence-corrected chi connectivity index (χ3v) is 4.81. The molecule has 0 N–H and O–H groups in total. The van der Waals surface area contributed by atoms with Gasteiger partial charge >= 0.3 is 0 Å². The Morgan fingerprint density at radius 1 is 1.22 bits per heavy atom. The van der Waals surface area contributed by atoms with Gasteiger partial charge in [-0.1, -0.05) is 29.8 Å². The summed E-state index contributed by atoms with van der Waals surface area (Å²) in [5.41, 5.74) is 3.34. The first-order chi connectivity index (χ1) is 11.1. The molecule has 0 saturated carbocycles. The number of nitrogens with zero attached hydrogens (tertiary/aromatic N) is 3. The largest absolute Gasteiger partial charge is 0.309 e. The number of fused-ring (bicyclic) bond motifs is 1. The van der Waals surface area contributed by atoms with Crippen molar-refractivity contribution in [2.24, 2.45) is 0 Å². The van der Waals surface area contributed by atoms with Crippen LogP contribution < -0.4 is 5.56 Å². The Hall–Kier alpha value is -1.98. The molecule has 0 unspecified atom stereocenters. The molecule has 3 rings (SSSR count). The van der Waals surface area contributed by atoms with E-state index in [0.717, 1.165) is 34.3 Å². The Kier molecular flexibility index (Phi) is 4.59. The highest BCUT2D eigenvalue weighted by Gasteiger charge is 2.13. The Morgan fingerprint density at radius 3 is 2.65 bits per heavy atom. The number of aromatic nitrogens is 2. The molecule has 1 aromatic carbocycles. The van der Waals surface area contributed by atoms with Crippen LogP contribution in [0.3, 0.4) is 0 Å². The average Bonchev–Trinajstić information content (AvgIpc) is 2.95. The summed E-state index contributed by atoms with van der Waals surface area (Å²) in [5.74, 6) is 0. The van der Waals surface area contributed by atoms with Gasteiger partial charge in [0.15, 0.2) is 0 Å². The Morgan fingerprint density at radius 2 is 1.96 bits per heavy atom. The monoisotopic (exact) mass is 327 g/mol. The second-order valence-corrected chi connectivity index (χ2v) is 6.95. The SMILES string of the molecule is Cc1ccc(-c2csc3ncn(CCCN(C)C)c(=O)c23)cc1. The van der Waals surface area contributed by atoms with Gasteiger partial charge in [0.2, 0.25) is 0 Å². The lowest BCUT2D eigenvalue weighted by atomic mass is 10.1. The van der Waals surface area contributed by atoms with E-state index in [9.17, 15) is 4.79 Å². The summed E-state index contributed by atoms with van der Waals surface area (Å²) in [6, 6.07) is 8.29. The molecule has 0 saturated heterocycles. The molecule has 5 heteroatoms. The van der Waals surface area contributed by atoms with Gasteiger partial charge in [0.05, 0.1) is 11.7 Å². The highest BCUT2D eigenvalue weighted by molar-refractivity contribution is 7.17. The highest BCUT2D eigenvalue weighted by atomic mass is 32.1. The number of benzene rings is 1. The second-order valence-electron chi connectivity index (χ2n) is 6.10. The lowest BCUT2D eigenvalue weighted by molar-refractivity contribution is 0.384. The van der Waals surface area contributed by atoms with E-state index in [0.29, 0.717) is 6.54 Å². The van der Waals surface area contributed by atoms with Gasteiger partial charge in [0.1, 0.15) is 4.83 Å². The molecule has 4 nitrogen and oxygen atoms in total. The van der Waals surface area contributed by atoms with Gasteiger partial charge < -0.3 is 4.90 Å². The number of aryl methyl sites for hydroxylation is 2. The van der Waals surface area contributed by atoms with E-state index in [1.165, 1.54) is 16.9 Å². The summed E-state index contributed by atoms with van der Waals surface area (Å²) in [7, 11) is 4.08. The van der Waals surface area contributed by atoms with Crippen LogP contribution in [0.1, 0.15) is 12.0 Å². The summed E-state index contributed by atoms with van der Waals surface area (Å²) in [4.78, 5) is 20.3. The molecule has 3 aromatic rings. The highest BCUT2D eigenvalue weighted by Crippen LogP contribution is 2.30. The van der Waals surface area contributed by atoms with E-state index < -0.39 is 0 Å². The van der Waals surface area contributed by atoms with E-state index in [-0.39, 0.29) is 5.56 Å². The van der Waals surface area contributed by atoms with E-state index in [1.54, 1.807) is 10.9 Å². The Labute approximate surface area is 140 Å². The predicted molar refractivity (Wildman–Crippen MR) is 97.2 cm³/mol. The minimum Gasteiger partial charge on any atom is -0.309 e. The van der Waals surface area contributed by atoms with Gasteiger partial charge in [-0.25, -0.2) is 4.98 Å². The molecule has 0 aliphatic heterocycles. The van der Waals surface area contributed by atoms with Crippen molar-refractivity contribution in [2.75, 3.05) is 20.6 Å². The Bertz CT molecular complexity index is 862. The van der Waals surface area contributed by atoms with Crippen LogP contribution in [0.5, 0.6) is 0 Å². The normalized spacial score (nSPS) is 11.5. The summed E-state index contributed by atoms with van der Waals surface area (Å²) in [5, 5.41) is 2.78. The van der Waals surface area contributed by atoms with E-state index in [4.69, 9.17) is 0 Å². The molecule has 23 heavy (non-hydrogen) atoms. The van der Waals surface area contributed by atoms with Crippen molar-refractivity contribution >= 4 is 21.6 Å². The van der Waals surface area contributed by atoms with Gasteiger partial charge in [-0.05, 0) is 39.5 Å². The minimum absolute atomic E-state index is 0.0607. The van der Waals surface area contributed by atoms with Crippen LogP contribution in [-0.2, 0) is 6.54 Å². The fourth-order valence-corrected chi connectivity index (χ4v) is 3.54. The van der Waals surface area contributed by atoms with Gasteiger partial charge in [-0.15, -0.1) is 11.3 Å². The summed E-state index contributed by atoms with van der Waals surface area (Å²) in [6.45, 7) is 3.72. The molecule has 0 bridgehead atoms. The molecule has 2 aromatic heterocycles. The second kappa shape index (κ2) is 6.64. The molecule has 2 heterocycles. The van der Waals surface area contributed by atoms with E-state index in [2.05, 4.69) is 41.1 Å². The number of hydrogen-bond acceptors (Lipinski definition) is 4. The van der Waals surface area contributed by atoms with Crippen LogP contribution in [0.4, 0.5) is 0 Å². The smallest absolute Gasteiger partial charge is 0.262 e. The predicted octanol–water partition coefficient (Wildman–Crippen LogP) is 3.39. The third kappa shape index (κ3) is 3.35. The van der Waals surface area contributed by atoms with Gasteiger partial charge in [0.25, 0.3) is 5.56 Å². The van der Waals surface area contributed by atoms with Crippen LogP contribution in [-0.4, -0.2) is 35.1 Å². The van der Waals surface area contributed by atoms with Crippen LogP contribution >= 0.6 is 11.3 Å². The lowest BCUT2D eigenvalue weighted by Gasteiger charge is -2.10. The van der Waals surface area contributed by atoms with Crippen molar-refractivity contribution in [3.8, 4) is 11.1 Å². The molecule has 120 valence electrons. The van der Waals surface area contributed by atoms with Gasteiger partial charge in [-0.2, -0.15) is 0 Å². The minimum atomic E-state index is 0.0607. The topological polar surface area (TPSA) is 38.1 Å². The zero-order valence-electron chi connectivity index (χ0n) is 13.7. The molecule has 0 radical (unpaired) electrons. The first-order valence-electron chi connectivity index (χ1n) is 7.74. The van der Waals surface area contributed by atoms with Crippen molar-refractivity contribution in [3.05, 3.63) is 51.9 Å². The van der Waals surface area contributed by atoms with E-state index in [1.807, 2.05) is 19.5 Å². The summed E-state index contributed by atoms with van der Waals surface area (Å²) < 4.78 is 1.73. The molecule has 0 aliphatic rings. The first kappa shape index (κ1) is 15.9. The molecule has 0 aliphatic carbocycles. The standard InChI is InChI=1S/C18H21N3OS/c1-13-5-7-14(8-6-13)15-11-23-17-16(15)18(22)21(12-19-17)10-4-9-20(2)3/h5-8,11-12H,4,9-10H2,1-3H3. The average molecular weight is 327 g/mol. The molecule has 0 spiro atoms. The zero-order valence-corrected chi connectivity index (χ0v) is 14.6. The fourth-order valence-electron chi connectivity index (χ4n) is 2.63. The maximum atomic E-state index is 12.8. The van der Waals surface area contributed by atoms with Crippen molar-refractivity contribution in [2.45, 2.75) is 19.9 Å². The van der Waals surface area contributed by atoms with Gasteiger partial charge in [0, 0.05) is 17.5 Å². The first-order valence-corrected chi connectivity index (χ1v) is 8.62. The zero-order chi connectivity index (χ0) is 16.4. The third-order valence-electron chi connectivity index (χ3n) is 3.93. The molecule has 0 fully saturated rings. The van der Waals surface area contributed by atoms with Crippen molar-refractivity contribution < 1.29 is 0 Å². The lowest BCUT2D eigenvalue weighted by Crippen LogP contribution is -2.23. The Balaban J connectivity index is 2.00. The van der Waals surface area contributed by atoms with Crippen LogP contribution in [0, 0.1) is 6.92 Å².